The van der Waals surface area contributed by atoms with Crippen molar-refractivity contribution in [3.05, 3.63) is 52.3 Å². The predicted molar refractivity (Wildman–Crippen MR) is 66.3 cm³/mol. The molecule has 0 aliphatic rings. The Hall–Kier alpha value is -1.25. The minimum Gasteiger partial charge on any atom is -0.397 e. The molecule has 2 aromatic carbocycles. The van der Waals surface area contributed by atoms with Crippen LogP contribution in [0.25, 0.3) is 11.1 Å². The minimum atomic E-state index is -0.570. The highest BCUT2D eigenvalue weighted by atomic mass is 35.5. The molecule has 0 aliphatic carbocycles. The van der Waals surface area contributed by atoms with Gasteiger partial charge in [0.15, 0.2) is 0 Å². The third-order valence-electron chi connectivity index (χ3n) is 2.28. The molecule has 2 N–H and O–H groups in total. The van der Waals surface area contributed by atoms with Crippen molar-refractivity contribution in [2.45, 2.75) is 0 Å². The maximum Gasteiger partial charge on any atom is 0.144 e. The van der Waals surface area contributed by atoms with Gasteiger partial charge in [0.25, 0.3) is 0 Å². The van der Waals surface area contributed by atoms with Crippen LogP contribution in [-0.4, -0.2) is 0 Å². The van der Waals surface area contributed by atoms with Gasteiger partial charge in [-0.15, -0.1) is 0 Å². The Kier molecular flexibility index (Phi) is 3.03. The molecular weight excluding hydrogens is 248 g/mol. The highest BCUT2D eigenvalue weighted by Gasteiger charge is 2.14. The first-order chi connectivity index (χ1) is 7.61. The summed E-state index contributed by atoms with van der Waals surface area (Å²) in [5, 5.41) is -0.0839. The van der Waals surface area contributed by atoms with E-state index in [0.717, 1.165) is 5.56 Å². The summed E-state index contributed by atoms with van der Waals surface area (Å²) in [6.45, 7) is 0. The molecule has 0 unspecified atom stereocenters. The molecule has 0 spiro atoms. The molecule has 0 aliphatic heterocycles. The zero-order valence-corrected chi connectivity index (χ0v) is 9.69. The van der Waals surface area contributed by atoms with Gasteiger partial charge in [0, 0.05) is 5.56 Å². The van der Waals surface area contributed by atoms with Gasteiger partial charge in [0.2, 0.25) is 0 Å². The van der Waals surface area contributed by atoms with Crippen LogP contribution in [0.1, 0.15) is 0 Å². The fourth-order valence-corrected chi connectivity index (χ4v) is 1.81. The highest BCUT2D eigenvalue weighted by Crippen LogP contribution is 2.38. The number of rotatable bonds is 1. The molecule has 1 nitrogen and oxygen atoms in total. The quantitative estimate of drug-likeness (QED) is 0.594. The number of hydrogen-bond acceptors (Lipinski definition) is 1. The van der Waals surface area contributed by atoms with E-state index in [2.05, 4.69) is 0 Å². The van der Waals surface area contributed by atoms with Crippen LogP contribution in [0.2, 0.25) is 10.0 Å². The molecule has 0 amide bonds. The van der Waals surface area contributed by atoms with Gasteiger partial charge in [-0.25, -0.2) is 4.39 Å². The number of nitrogen functional groups attached to an aromatic ring is 1. The first-order valence-electron chi connectivity index (χ1n) is 4.59. The highest BCUT2D eigenvalue weighted by molar-refractivity contribution is 6.44. The average molecular weight is 256 g/mol. The van der Waals surface area contributed by atoms with Crippen LogP contribution >= 0.6 is 23.2 Å². The summed E-state index contributed by atoms with van der Waals surface area (Å²) in [4.78, 5) is 0. The Bertz CT molecular complexity index is 526. The Labute approximate surface area is 103 Å². The normalized spacial score (nSPS) is 10.4. The molecule has 0 fully saturated rings. The van der Waals surface area contributed by atoms with Gasteiger partial charge >= 0.3 is 0 Å². The molecule has 0 bridgehead atoms. The van der Waals surface area contributed by atoms with Gasteiger partial charge in [0.05, 0.1) is 15.7 Å². The Morgan fingerprint density at radius 1 is 1.00 bits per heavy atom. The molecule has 0 heterocycles. The first kappa shape index (κ1) is 11.2. The minimum absolute atomic E-state index is 0.0560. The smallest absolute Gasteiger partial charge is 0.144 e. The summed E-state index contributed by atoms with van der Waals surface area (Å²) in [5.41, 5.74) is 7.44. The summed E-state index contributed by atoms with van der Waals surface area (Å²) in [5.74, 6) is -0.570. The molecule has 16 heavy (non-hydrogen) atoms. The van der Waals surface area contributed by atoms with Crippen LogP contribution < -0.4 is 5.73 Å². The fourth-order valence-electron chi connectivity index (χ4n) is 1.47. The summed E-state index contributed by atoms with van der Waals surface area (Å²) >= 11 is 11.5. The second kappa shape index (κ2) is 4.32. The topological polar surface area (TPSA) is 26.0 Å². The molecule has 0 radical (unpaired) electrons. The number of benzene rings is 2. The Morgan fingerprint density at radius 2 is 1.62 bits per heavy atom. The molecule has 82 valence electrons. The molecule has 2 rings (SSSR count). The van der Waals surface area contributed by atoms with E-state index in [1.165, 1.54) is 6.07 Å². The van der Waals surface area contributed by atoms with Gasteiger partial charge in [0.1, 0.15) is 5.82 Å². The summed E-state index contributed by atoms with van der Waals surface area (Å²) in [6.07, 6.45) is 0. The lowest BCUT2D eigenvalue weighted by atomic mass is 10.0. The van der Waals surface area contributed by atoms with Gasteiger partial charge in [-0.3, -0.25) is 0 Å². The molecule has 0 saturated carbocycles. The van der Waals surface area contributed by atoms with E-state index in [0.29, 0.717) is 11.3 Å². The molecule has 2 aromatic rings. The molecule has 0 atom stereocenters. The van der Waals surface area contributed by atoms with Crippen molar-refractivity contribution in [3.8, 4) is 11.1 Å². The van der Waals surface area contributed by atoms with Crippen molar-refractivity contribution in [2.24, 2.45) is 0 Å². The Morgan fingerprint density at radius 3 is 2.25 bits per heavy atom. The van der Waals surface area contributed by atoms with E-state index >= 15 is 0 Å². The largest absolute Gasteiger partial charge is 0.397 e. The van der Waals surface area contributed by atoms with E-state index in [-0.39, 0.29) is 10.0 Å². The van der Waals surface area contributed by atoms with Crippen LogP contribution in [0.15, 0.2) is 36.4 Å². The van der Waals surface area contributed by atoms with Gasteiger partial charge in [-0.05, 0) is 11.6 Å². The van der Waals surface area contributed by atoms with Crippen molar-refractivity contribution in [1.82, 2.24) is 0 Å². The monoisotopic (exact) mass is 255 g/mol. The first-order valence-corrected chi connectivity index (χ1v) is 5.35. The summed E-state index contributed by atoms with van der Waals surface area (Å²) in [7, 11) is 0. The maximum atomic E-state index is 13.4. The van der Waals surface area contributed by atoms with Crippen LogP contribution in [0.4, 0.5) is 10.1 Å². The van der Waals surface area contributed by atoms with Gasteiger partial charge in [-0.2, -0.15) is 0 Å². The van der Waals surface area contributed by atoms with E-state index in [9.17, 15) is 4.39 Å². The van der Waals surface area contributed by atoms with Gasteiger partial charge < -0.3 is 5.73 Å². The Balaban J connectivity index is 2.68. The fraction of sp³-hybridized carbons (Fsp3) is 0. The molecule has 0 aromatic heterocycles. The summed E-state index contributed by atoms with van der Waals surface area (Å²) < 4.78 is 13.4. The molecular formula is C12H8Cl2FN. The third-order valence-corrected chi connectivity index (χ3v) is 3.14. The second-order valence-electron chi connectivity index (χ2n) is 3.31. The molecule has 0 saturated heterocycles. The zero-order chi connectivity index (χ0) is 11.7. The van der Waals surface area contributed by atoms with E-state index in [1.807, 2.05) is 30.3 Å². The van der Waals surface area contributed by atoms with E-state index in [4.69, 9.17) is 28.9 Å². The van der Waals surface area contributed by atoms with Crippen molar-refractivity contribution >= 4 is 28.9 Å². The number of halogens is 3. The lowest BCUT2D eigenvalue weighted by Crippen LogP contribution is -1.94. The number of anilines is 1. The lowest BCUT2D eigenvalue weighted by Gasteiger charge is -2.09. The lowest BCUT2D eigenvalue weighted by molar-refractivity contribution is 0.629. The van der Waals surface area contributed by atoms with Crippen molar-refractivity contribution in [1.29, 1.82) is 0 Å². The van der Waals surface area contributed by atoms with E-state index < -0.39 is 5.82 Å². The number of nitrogens with two attached hydrogens (primary N) is 1. The van der Waals surface area contributed by atoms with Crippen molar-refractivity contribution in [2.75, 3.05) is 5.73 Å². The van der Waals surface area contributed by atoms with Crippen LogP contribution in [-0.2, 0) is 0 Å². The molecule has 4 heteroatoms. The van der Waals surface area contributed by atoms with Crippen LogP contribution in [0.5, 0.6) is 0 Å². The standard InChI is InChI=1S/C12H8Cl2FN/c13-10-9(15)6-8(12(16)11(10)14)7-4-2-1-3-5-7/h1-6H,16H2. The predicted octanol–water partition coefficient (Wildman–Crippen LogP) is 4.38. The zero-order valence-electron chi connectivity index (χ0n) is 8.18. The average Bonchev–Trinajstić information content (AvgIpc) is 2.32. The second-order valence-corrected chi connectivity index (χ2v) is 4.07. The summed E-state index contributed by atoms with van der Waals surface area (Å²) in [6, 6.07) is 10.5. The van der Waals surface area contributed by atoms with Crippen molar-refractivity contribution < 1.29 is 4.39 Å². The third kappa shape index (κ3) is 1.86. The van der Waals surface area contributed by atoms with Crippen LogP contribution in [0.3, 0.4) is 0 Å². The maximum absolute atomic E-state index is 13.4. The van der Waals surface area contributed by atoms with Crippen molar-refractivity contribution in [3.63, 3.8) is 0 Å². The van der Waals surface area contributed by atoms with Crippen LogP contribution in [0, 0.1) is 5.82 Å². The SMILES string of the molecule is Nc1c(-c2ccccc2)cc(F)c(Cl)c1Cl. The number of hydrogen-bond donors (Lipinski definition) is 1. The van der Waals surface area contributed by atoms with E-state index in [1.54, 1.807) is 0 Å². The van der Waals surface area contributed by atoms with Gasteiger partial charge in [-0.1, -0.05) is 53.5 Å².